The van der Waals surface area contributed by atoms with Gasteiger partial charge < -0.3 is 5.11 Å². The van der Waals surface area contributed by atoms with E-state index in [1.165, 1.54) is 0 Å². The third-order valence-electron chi connectivity index (χ3n) is 1.42. The number of carboxylic acid groups (broad SMARTS) is 1. The van der Waals surface area contributed by atoms with Crippen molar-refractivity contribution < 1.29 is 9.90 Å². The molecule has 1 atom stereocenters. The lowest BCUT2D eigenvalue weighted by atomic mass is 9.81. The molecule has 1 aromatic carbocycles. The van der Waals surface area contributed by atoms with Gasteiger partial charge in [0, 0.05) is 5.82 Å². The smallest absolute Gasteiger partial charge is 0.301 e. The van der Waals surface area contributed by atoms with Crippen LogP contribution >= 0.6 is 0 Å². The van der Waals surface area contributed by atoms with Gasteiger partial charge >= 0.3 is 5.97 Å². The van der Waals surface area contributed by atoms with E-state index in [4.69, 9.17) is 13.0 Å². The van der Waals surface area contributed by atoms with Crippen LogP contribution in [0.15, 0.2) is 30.3 Å². The highest BCUT2D eigenvalue weighted by Gasteiger charge is 2.11. The minimum Gasteiger partial charge on any atom is -0.481 e. The largest absolute Gasteiger partial charge is 0.481 e. The molecule has 0 aromatic heterocycles. The molecule has 54 valence electrons. The maximum atomic E-state index is 10.4. The molecule has 1 N–H and O–H groups in total. The Hall–Kier alpha value is -1.25. The lowest BCUT2D eigenvalue weighted by molar-refractivity contribution is -0.136. The summed E-state index contributed by atoms with van der Waals surface area (Å²) in [6.07, 6.45) is 0. The van der Waals surface area contributed by atoms with E-state index in [-0.39, 0.29) is 0 Å². The summed E-state index contributed by atoms with van der Waals surface area (Å²) in [7, 11) is 5.34. The molecule has 0 heterocycles. The molecule has 0 saturated carbocycles. The van der Waals surface area contributed by atoms with E-state index >= 15 is 0 Å². The zero-order valence-electron chi connectivity index (χ0n) is 5.90. The number of aliphatic carboxylic acids is 1. The van der Waals surface area contributed by atoms with Crippen LogP contribution in [0.4, 0.5) is 0 Å². The van der Waals surface area contributed by atoms with Crippen LogP contribution in [0.3, 0.4) is 0 Å². The summed E-state index contributed by atoms with van der Waals surface area (Å²) in [5.41, 5.74) is 0.625. The van der Waals surface area contributed by atoms with Crippen molar-refractivity contribution in [1.82, 2.24) is 0 Å². The zero-order chi connectivity index (χ0) is 8.27. The number of benzene rings is 1. The lowest BCUT2D eigenvalue weighted by Crippen LogP contribution is -2.10. The summed E-state index contributed by atoms with van der Waals surface area (Å²) in [4.78, 5) is 10.4. The quantitative estimate of drug-likeness (QED) is 0.631. The van der Waals surface area contributed by atoms with Crippen LogP contribution in [0.1, 0.15) is 11.4 Å². The number of carbonyl (C=O) groups is 1. The molecule has 1 rings (SSSR count). The van der Waals surface area contributed by atoms with Gasteiger partial charge in [-0.05, 0) is 5.56 Å². The van der Waals surface area contributed by atoms with E-state index in [0.29, 0.717) is 5.56 Å². The molecular weight excluding hydrogens is 139 g/mol. The van der Waals surface area contributed by atoms with E-state index in [0.717, 1.165) is 0 Å². The van der Waals surface area contributed by atoms with E-state index in [9.17, 15) is 4.79 Å². The molecule has 2 nitrogen and oxygen atoms in total. The van der Waals surface area contributed by atoms with Crippen LogP contribution < -0.4 is 0 Å². The second-order valence-electron chi connectivity index (χ2n) is 2.23. The molecule has 0 spiro atoms. The predicted molar refractivity (Wildman–Crippen MR) is 42.6 cm³/mol. The molecule has 0 aliphatic rings. The van der Waals surface area contributed by atoms with Crippen LogP contribution in [-0.4, -0.2) is 18.9 Å². The van der Waals surface area contributed by atoms with Crippen molar-refractivity contribution in [3.05, 3.63) is 35.9 Å². The van der Waals surface area contributed by atoms with Crippen LogP contribution in [0.2, 0.25) is 0 Å². The topological polar surface area (TPSA) is 37.3 Å². The van der Waals surface area contributed by atoms with Gasteiger partial charge in [0.05, 0.1) is 7.85 Å². The maximum absolute atomic E-state index is 10.4. The third-order valence-corrected chi connectivity index (χ3v) is 1.42. The van der Waals surface area contributed by atoms with Gasteiger partial charge in [-0.2, -0.15) is 0 Å². The first-order valence-electron chi connectivity index (χ1n) is 3.25. The average molecular weight is 146 g/mol. The Morgan fingerprint density at radius 3 is 2.36 bits per heavy atom. The van der Waals surface area contributed by atoms with Crippen molar-refractivity contribution in [3.8, 4) is 0 Å². The predicted octanol–water partition coefficient (Wildman–Crippen LogP) is 0.981. The van der Waals surface area contributed by atoms with Gasteiger partial charge in [0.15, 0.2) is 0 Å². The molecule has 11 heavy (non-hydrogen) atoms. The summed E-state index contributed by atoms with van der Waals surface area (Å²) < 4.78 is 0. The fourth-order valence-corrected chi connectivity index (χ4v) is 0.803. The van der Waals surface area contributed by atoms with Crippen molar-refractivity contribution in [2.75, 3.05) is 0 Å². The van der Waals surface area contributed by atoms with Gasteiger partial charge in [-0.25, -0.2) is 0 Å². The monoisotopic (exact) mass is 146 g/mol. The highest BCUT2D eigenvalue weighted by Crippen LogP contribution is 2.10. The van der Waals surface area contributed by atoms with Crippen molar-refractivity contribution in [1.29, 1.82) is 0 Å². The van der Waals surface area contributed by atoms with Crippen molar-refractivity contribution in [2.24, 2.45) is 0 Å². The highest BCUT2D eigenvalue weighted by molar-refractivity contribution is 6.22. The summed E-state index contributed by atoms with van der Waals surface area (Å²) in [6, 6.07) is 8.73. The van der Waals surface area contributed by atoms with Crippen molar-refractivity contribution in [2.45, 2.75) is 5.82 Å². The van der Waals surface area contributed by atoms with E-state index < -0.39 is 11.8 Å². The summed E-state index contributed by atoms with van der Waals surface area (Å²) >= 11 is 0. The average Bonchev–Trinajstić information content (AvgIpc) is 2.05. The zero-order valence-corrected chi connectivity index (χ0v) is 5.90. The van der Waals surface area contributed by atoms with Crippen LogP contribution in [0.25, 0.3) is 0 Å². The number of carboxylic acids is 1. The standard InChI is InChI=1S/C8H7BO2/c9-7(8(10)11)6-4-2-1-3-5-6/h1-5,7H,(H,10,11)/t7-/m0/s1. The van der Waals surface area contributed by atoms with Gasteiger partial charge in [-0.15, -0.1) is 0 Å². The fourth-order valence-electron chi connectivity index (χ4n) is 0.803. The van der Waals surface area contributed by atoms with Crippen LogP contribution in [-0.2, 0) is 4.79 Å². The van der Waals surface area contributed by atoms with E-state index in [1.54, 1.807) is 24.3 Å². The summed E-state index contributed by atoms with van der Waals surface area (Å²) in [5.74, 6) is -1.91. The molecular formula is C8H7BO2. The molecule has 3 heteroatoms. The van der Waals surface area contributed by atoms with Crippen molar-refractivity contribution >= 4 is 13.8 Å². The number of hydrogen-bond donors (Lipinski definition) is 1. The maximum Gasteiger partial charge on any atom is 0.301 e. The summed E-state index contributed by atoms with van der Waals surface area (Å²) in [5, 5.41) is 8.51. The second kappa shape index (κ2) is 3.24. The molecule has 0 fully saturated rings. The molecule has 0 aliphatic carbocycles. The van der Waals surface area contributed by atoms with Crippen LogP contribution in [0, 0.1) is 0 Å². The Bertz CT molecular complexity index is 246. The molecule has 0 amide bonds. The summed E-state index contributed by atoms with van der Waals surface area (Å²) in [6.45, 7) is 0. The first kappa shape index (κ1) is 7.86. The molecule has 2 radical (unpaired) electrons. The van der Waals surface area contributed by atoms with Crippen molar-refractivity contribution in [3.63, 3.8) is 0 Å². The number of rotatable bonds is 2. The molecule has 0 unspecified atom stereocenters. The third kappa shape index (κ3) is 1.83. The van der Waals surface area contributed by atoms with Gasteiger partial charge in [-0.1, -0.05) is 30.3 Å². The minimum absolute atomic E-state index is 0.625. The first-order valence-corrected chi connectivity index (χ1v) is 3.25. The van der Waals surface area contributed by atoms with Gasteiger partial charge in [0.1, 0.15) is 0 Å². The molecule has 0 bridgehead atoms. The Morgan fingerprint density at radius 1 is 1.36 bits per heavy atom. The van der Waals surface area contributed by atoms with Crippen LogP contribution in [0.5, 0.6) is 0 Å². The Morgan fingerprint density at radius 2 is 1.91 bits per heavy atom. The fraction of sp³-hybridized carbons (Fsp3) is 0.125. The molecule has 0 aliphatic heterocycles. The lowest BCUT2D eigenvalue weighted by Gasteiger charge is -2.04. The Kier molecular flexibility index (Phi) is 2.31. The molecule has 0 saturated heterocycles. The van der Waals surface area contributed by atoms with Gasteiger partial charge in [-0.3, -0.25) is 4.79 Å². The number of hydrogen-bond acceptors (Lipinski definition) is 1. The molecule has 1 aromatic rings. The second-order valence-corrected chi connectivity index (χ2v) is 2.23. The Balaban J connectivity index is 2.85. The Labute approximate surface area is 66.3 Å². The minimum atomic E-state index is -1.00. The van der Waals surface area contributed by atoms with E-state index in [1.807, 2.05) is 6.07 Å². The normalized spacial score (nSPS) is 12.4. The highest BCUT2D eigenvalue weighted by atomic mass is 16.4. The van der Waals surface area contributed by atoms with E-state index in [2.05, 4.69) is 0 Å². The first-order chi connectivity index (χ1) is 5.22. The SMILES string of the molecule is [B][C@H](C(=O)O)c1ccccc1. The van der Waals surface area contributed by atoms with Gasteiger partial charge in [0.25, 0.3) is 0 Å². The van der Waals surface area contributed by atoms with Gasteiger partial charge in [0.2, 0.25) is 0 Å².